The van der Waals surface area contributed by atoms with E-state index in [4.69, 9.17) is 0 Å². The van der Waals surface area contributed by atoms with Crippen molar-refractivity contribution in [2.45, 2.75) is 13.5 Å². The number of thiazole rings is 1. The van der Waals surface area contributed by atoms with E-state index in [-0.39, 0.29) is 11.6 Å². The second-order valence-corrected chi connectivity index (χ2v) is 7.29. The molecule has 0 aliphatic rings. The van der Waals surface area contributed by atoms with Crippen molar-refractivity contribution < 1.29 is 14.5 Å². The predicted molar refractivity (Wildman–Crippen MR) is 117 cm³/mol. The summed E-state index contributed by atoms with van der Waals surface area (Å²) in [5, 5.41) is 13.4. The number of rotatable bonds is 6. The van der Waals surface area contributed by atoms with E-state index in [0.29, 0.717) is 22.6 Å². The number of nitrogens with zero attached hydrogens (tertiary/aromatic N) is 3. The number of hydrogen-bond donors (Lipinski definition) is 1. The summed E-state index contributed by atoms with van der Waals surface area (Å²) in [4.78, 5) is 38.5. The van der Waals surface area contributed by atoms with E-state index < -0.39 is 10.8 Å². The standard InChI is InChI=1S/C21H18N4O4S/c1-3-12-24-18-10-7-16(22-14(2)26)13-19(18)30-21(24)23-20(27)11-6-15-4-8-17(9-5-15)25(28)29/h3-11,13H,1,12H2,2H3,(H,22,26)/b11-6-,23-21?. The number of non-ortho nitro benzene ring substituents is 1. The van der Waals surface area contributed by atoms with Crippen LogP contribution in [-0.2, 0) is 16.1 Å². The zero-order chi connectivity index (χ0) is 21.7. The highest BCUT2D eigenvalue weighted by Gasteiger charge is 2.08. The predicted octanol–water partition coefficient (Wildman–Crippen LogP) is 3.90. The van der Waals surface area contributed by atoms with Gasteiger partial charge in [0.2, 0.25) is 5.91 Å². The van der Waals surface area contributed by atoms with Crippen molar-refractivity contribution in [1.29, 1.82) is 0 Å². The van der Waals surface area contributed by atoms with Crippen molar-refractivity contribution in [2.75, 3.05) is 5.32 Å². The Morgan fingerprint density at radius 1 is 1.27 bits per heavy atom. The van der Waals surface area contributed by atoms with Crippen molar-refractivity contribution in [3.63, 3.8) is 0 Å². The van der Waals surface area contributed by atoms with Crippen molar-refractivity contribution in [2.24, 2.45) is 4.99 Å². The lowest BCUT2D eigenvalue weighted by Gasteiger charge is -2.03. The molecular weight excluding hydrogens is 404 g/mol. The summed E-state index contributed by atoms with van der Waals surface area (Å²) in [5.41, 5.74) is 2.18. The number of carbonyl (C=O) groups excluding carboxylic acids is 2. The van der Waals surface area contributed by atoms with Gasteiger partial charge in [-0.3, -0.25) is 19.7 Å². The smallest absolute Gasteiger partial charge is 0.272 e. The Kier molecular flexibility index (Phi) is 6.33. The van der Waals surface area contributed by atoms with Gasteiger partial charge in [-0.15, -0.1) is 6.58 Å². The molecule has 0 bridgehead atoms. The molecular formula is C21H18N4O4S. The van der Waals surface area contributed by atoms with Crippen LogP contribution in [0.4, 0.5) is 11.4 Å². The number of benzene rings is 2. The minimum absolute atomic E-state index is 0.0162. The van der Waals surface area contributed by atoms with Crippen LogP contribution in [0.25, 0.3) is 16.3 Å². The molecule has 3 rings (SSSR count). The van der Waals surface area contributed by atoms with E-state index in [1.165, 1.54) is 36.5 Å². The molecule has 0 saturated heterocycles. The number of nitrogens with one attached hydrogen (secondary N) is 1. The molecule has 1 N–H and O–H groups in total. The summed E-state index contributed by atoms with van der Waals surface area (Å²) < 4.78 is 2.73. The van der Waals surface area contributed by atoms with Crippen molar-refractivity contribution in [3.8, 4) is 0 Å². The Morgan fingerprint density at radius 3 is 2.63 bits per heavy atom. The zero-order valence-corrected chi connectivity index (χ0v) is 16.9. The lowest BCUT2D eigenvalue weighted by Crippen LogP contribution is -2.15. The Balaban J connectivity index is 1.91. The minimum atomic E-state index is -0.481. The maximum Gasteiger partial charge on any atom is 0.272 e. The molecule has 2 aromatic carbocycles. The fraction of sp³-hybridized carbons (Fsp3) is 0.0952. The number of allylic oxidation sites excluding steroid dienone is 1. The van der Waals surface area contributed by atoms with E-state index in [1.807, 2.05) is 16.7 Å². The Labute approximate surface area is 175 Å². The van der Waals surface area contributed by atoms with Crippen LogP contribution in [0.3, 0.4) is 0 Å². The van der Waals surface area contributed by atoms with Gasteiger partial charge in [-0.05, 0) is 42.0 Å². The van der Waals surface area contributed by atoms with Gasteiger partial charge in [-0.25, -0.2) is 0 Å². The van der Waals surface area contributed by atoms with Gasteiger partial charge in [0.05, 0.1) is 15.1 Å². The topological polar surface area (TPSA) is 107 Å². The minimum Gasteiger partial charge on any atom is -0.326 e. The molecule has 9 heteroatoms. The molecule has 0 saturated carbocycles. The fourth-order valence-electron chi connectivity index (χ4n) is 2.75. The Bertz CT molecular complexity index is 1240. The van der Waals surface area contributed by atoms with Crippen molar-refractivity contribution in [1.82, 2.24) is 4.57 Å². The van der Waals surface area contributed by atoms with Crippen LogP contribution >= 0.6 is 11.3 Å². The van der Waals surface area contributed by atoms with Crippen LogP contribution in [0.15, 0.2) is 66.2 Å². The lowest BCUT2D eigenvalue weighted by molar-refractivity contribution is -0.384. The third-order valence-corrected chi connectivity index (χ3v) is 5.08. The van der Waals surface area contributed by atoms with Crippen LogP contribution in [0.1, 0.15) is 12.5 Å². The normalized spacial score (nSPS) is 11.7. The van der Waals surface area contributed by atoms with E-state index in [0.717, 1.165) is 10.2 Å². The van der Waals surface area contributed by atoms with E-state index >= 15 is 0 Å². The summed E-state index contributed by atoms with van der Waals surface area (Å²) in [6, 6.07) is 11.3. The zero-order valence-electron chi connectivity index (χ0n) is 16.1. The van der Waals surface area contributed by atoms with Crippen LogP contribution in [-0.4, -0.2) is 21.3 Å². The van der Waals surface area contributed by atoms with Crippen LogP contribution in [0, 0.1) is 10.1 Å². The van der Waals surface area contributed by atoms with Gasteiger partial charge in [-0.2, -0.15) is 4.99 Å². The van der Waals surface area contributed by atoms with Crippen molar-refractivity contribution in [3.05, 3.63) is 81.7 Å². The summed E-state index contributed by atoms with van der Waals surface area (Å²) in [7, 11) is 0. The molecule has 0 aliphatic carbocycles. The molecule has 0 fully saturated rings. The average Bonchev–Trinajstić information content (AvgIpc) is 3.03. The van der Waals surface area contributed by atoms with Crippen LogP contribution < -0.4 is 10.1 Å². The second kappa shape index (κ2) is 9.10. The number of amides is 2. The summed E-state index contributed by atoms with van der Waals surface area (Å²) in [6.07, 6.45) is 4.58. The molecule has 0 atom stereocenters. The molecule has 0 unspecified atom stereocenters. The highest BCUT2D eigenvalue weighted by atomic mass is 32.1. The maximum atomic E-state index is 12.4. The average molecular weight is 422 g/mol. The number of anilines is 1. The second-order valence-electron chi connectivity index (χ2n) is 6.28. The molecule has 1 aromatic heterocycles. The van der Waals surface area contributed by atoms with Gasteiger partial charge in [0, 0.05) is 37.4 Å². The number of aromatic nitrogens is 1. The molecule has 2 amide bonds. The molecule has 1 heterocycles. The monoisotopic (exact) mass is 422 g/mol. The number of nitro benzene ring substituents is 1. The quantitative estimate of drug-likeness (QED) is 0.281. The molecule has 0 radical (unpaired) electrons. The van der Waals surface area contributed by atoms with Crippen molar-refractivity contribution >= 4 is 50.8 Å². The van der Waals surface area contributed by atoms with Gasteiger partial charge in [0.25, 0.3) is 11.6 Å². The number of carbonyl (C=O) groups is 2. The molecule has 30 heavy (non-hydrogen) atoms. The molecule has 0 aliphatic heterocycles. The fourth-order valence-corrected chi connectivity index (χ4v) is 3.84. The summed E-state index contributed by atoms with van der Waals surface area (Å²) in [5.74, 6) is -0.624. The molecule has 0 spiro atoms. The Morgan fingerprint density at radius 2 is 2.00 bits per heavy atom. The molecule has 8 nitrogen and oxygen atoms in total. The first kappa shape index (κ1) is 20.9. The van der Waals surface area contributed by atoms with Crippen LogP contribution in [0.5, 0.6) is 0 Å². The van der Waals surface area contributed by atoms with Gasteiger partial charge in [0.15, 0.2) is 4.80 Å². The Hall–Kier alpha value is -3.85. The van der Waals surface area contributed by atoms with Gasteiger partial charge in [-0.1, -0.05) is 17.4 Å². The van der Waals surface area contributed by atoms with E-state index in [9.17, 15) is 19.7 Å². The summed E-state index contributed by atoms with van der Waals surface area (Å²) in [6.45, 7) is 5.66. The van der Waals surface area contributed by atoms with Gasteiger partial charge in [0.1, 0.15) is 0 Å². The van der Waals surface area contributed by atoms with Gasteiger partial charge < -0.3 is 9.88 Å². The van der Waals surface area contributed by atoms with E-state index in [2.05, 4.69) is 16.9 Å². The lowest BCUT2D eigenvalue weighted by atomic mass is 10.2. The summed E-state index contributed by atoms with van der Waals surface area (Å²) >= 11 is 1.33. The third-order valence-electron chi connectivity index (χ3n) is 4.04. The number of fused-ring (bicyclic) bond motifs is 1. The SMILES string of the molecule is C=CCn1c(=NC(=O)/C=C\c2ccc([N+](=O)[O-])cc2)sc2cc(NC(C)=O)ccc21. The van der Waals surface area contributed by atoms with Gasteiger partial charge >= 0.3 is 0 Å². The van der Waals surface area contributed by atoms with Crippen LogP contribution in [0.2, 0.25) is 0 Å². The highest BCUT2D eigenvalue weighted by Crippen LogP contribution is 2.22. The third kappa shape index (κ3) is 4.95. The largest absolute Gasteiger partial charge is 0.326 e. The number of hydrogen-bond acceptors (Lipinski definition) is 5. The first-order valence-corrected chi connectivity index (χ1v) is 9.72. The molecule has 3 aromatic rings. The molecule has 152 valence electrons. The highest BCUT2D eigenvalue weighted by molar-refractivity contribution is 7.16. The maximum absolute atomic E-state index is 12.4. The number of nitro groups is 1. The first-order valence-electron chi connectivity index (χ1n) is 8.90. The first-order chi connectivity index (χ1) is 14.4. The van der Waals surface area contributed by atoms with E-state index in [1.54, 1.807) is 30.4 Å².